The summed E-state index contributed by atoms with van der Waals surface area (Å²) in [5, 5.41) is -0.765. The standard InChI is InChI=1S/C14H13F2NO3S/c1-9(15)13(18)17-6-12-14(7-17,8-21(12,19)20)10-2-4-11(16)5-3-10/h2-5,12H,1,6-8H2/t12-,14-/m1/s1. The van der Waals surface area contributed by atoms with Gasteiger partial charge in [-0.1, -0.05) is 18.7 Å². The third kappa shape index (κ3) is 1.98. The van der Waals surface area contributed by atoms with Gasteiger partial charge in [0.1, 0.15) is 5.82 Å². The first-order valence-corrected chi connectivity index (χ1v) is 8.09. The number of carbonyl (C=O) groups is 1. The number of benzene rings is 1. The average Bonchev–Trinajstić information content (AvgIpc) is 2.74. The number of nitrogens with zero attached hydrogens (tertiary/aromatic N) is 1. The fourth-order valence-electron chi connectivity index (χ4n) is 3.31. The van der Waals surface area contributed by atoms with Gasteiger partial charge < -0.3 is 4.90 Å². The molecule has 21 heavy (non-hydrogen) atoms. The van der Waals surface area contributed by atoms with Crippen molar-refractivity contribution >= 4 is 15.7 Å². The van der Waals surface area contributed by atoms with Crippen molar-refractivity contribution in [2.24, 2.45) is 0 Å². The highest BCUT2D eigenvalue weighted by Crippen LogP contribution is 2.48. The van der Waals surface area contributed by atoms with E-state index >= 15 is 0 Å². The van der Waals surface area contributed by atoms with Crippen LogP contribution in [0.3, 0.4) is 0 Å². The van der Waals surface area contributed by atoms with Crippen LogP contribution in [0.25, 0.3) is 0 Å². The van der Waals surface area contributed by atoms with Crippen molar-refractivity contribution in [2.75, 3.05) is 18.8 Å². The summed E-state index contributed by atoms with van der Waals surface area (Å²) in [5.41, 5.74) is -0.110. The Kier molecular flexibility index (Phi) is 2.95. The zero-order chi connectivity index (χ0) is 15.4. The number of fused-ring (bicyclic) bond motifs is 1. The Balaban J connectivity index is 1.99. The molecule has 0 radical (unpaired) electrons. The van der Waals surface area contributed by atoms with Crippen LogP contribution in [0.4, 0.5) is 8.78 Å². The van der Waals surface area contributed by atoms with Crippen molar-refractivity contribution in [3.8, 4) is 0 Å². The van der Waals surface area contributed by atoms with Crippen LogP contribution in [0.15, 0.2) is 36.7 Å². The minimum Gasteiger partial charge on any atom is -0.334 e. The van der Waals surface area contributed by atoms with Crippen molar-refractivity contribution in [3.05, 3.63) is 48.1 Å². The van der Waals surface area contributed by atoms with Crippen LogP contribution in [-0.4, -0.2) is 43.3 Å². The number of likely N-dealkylation sites (tertiary alicyclic amines) is 1. The van der Waals surface area contributed by atoms with Crippen LogP contribution in [0.5, 0.6) is 0 Å². The fraction of sp³-hybridized carbons (Fsp3) is 0.357. The fourth-order valence-corrected chi connectivity index (χ4v) is 5.78. The number of rotatable bonds is 2. The molecular formula is C14H13F2NO3S. The highest BCUT2D eigenvalue weighted by atomic mass is 32.2. The molecule has 1 aromatic carbocycles. The first-order chi connectivity index (χ1) is 9.76. The summed E-state index contributed by atoms with van der Waals surface area (Å²) in [6, 6.07) is 5.56. The zero-order valence-corrected chi connectivity index (χ0v) is 11.9. The number of halogens is 2. The van der Waals surface area contributed by atoms with Crippen LogP contribution >= 0.6 is 0 Å². The number of carbonyl (C=O) groups excluding carboxylic acids is 1. The molecule has 2 aliphatic heterocycles. The summed E-state index contributed by atoms with van der Waals surface area (Å²) in [5.74, 6) is -2.53. The van der Waals surface area contributed by atoms with Gasteiger partial charge in [-0.3, -0.25) is 4.79 Å². The van der Waals surface area contributed by atoms with Gasteiger partial charge in [-0.2, -0.15) is 0 Å². The van der Waals surface area contributed by atoms with Gasteiger partial charge in [0.05, 0.1) is 11.0 Å². The molecule has 0 unspecified atom stereocenters. The highest BCUT2D eigenvalue weighted by Gasteiger charge is 2.64. The van der Waals surface area contributed by atoms with E-state index in [4.69, 9.17) is 0 Å². The maximum Gasteiger partial charge on any atom is 0.282 e. The average molecular weight is 313 g/mol. The second-order valence-corrected chi connectivity index (χ2v) is 7.73. The van der Waals surface area contributed by atoms with E-state index in [1.807, 2.05) is 0 Å². The molecule has 2 saturated heterocycles. The number of amides is 1. The molecule has 2 fully saturated rings. The summed E-state index contributed by atoms with van der Waals surface area (Å²) in [7, 11) is -3.31. The van der Waals surface area contributed by atoms with E-state index in [9.17, 15) is 22.0 Å². The SMILES string of the molecule is C=C(F)C(=O)N1C[C@@H]2[C@](c3ccc(F)cc3)(C1)CS2(=O)=O. The van der Waals surface area contributed by atoms with E-state index in [1.54, 1.807) is 0 Å². The Labute approximate surface area is 121 Å². The normalized spacial score (nSPS) is 29.6. The Morgan fingerprint density at radius 2 is 1.95 bits per heavy atom. The van der Waals surface area contributed by atoms with Crippen LogP contribution in [0.1, 0.15) is 5.56 Å². The quantitative estimate of drug-likeness (QED) is 0.771. The molecule has 3 rings (SSSR count). The lowest BCUT2D eigenvalue weighted by Gasteiger charge is -2.43. The molecule has 2 aliphatic rings. The summed E-state index contributed by atoms with van der Waals surface area (Å²) < 4.78 is 50.0. The van der Waals surface area contributed by atoms with Gasteiger partial charge in [0.2, 0.25) is 0 Å². The molecule has 1 amide bonds. The first kappa shape index (κ1) is 14.2. The van der Waals surface area contributed by atoms with E-state index in [0.717, 1.165) is 0 Å². The van der Waals surface area contributed by atoms with E-state index < -0.39 is 38.1 Å². The van der Waals surface area contributed by atoms with Gasteiger partial charge >= 0.3 is 0 Å². The second kappa shape index (κ2) is 4.37. The molecule has 1 aromatic rings. The van der Waals surface area contributed by atoms with Crippen LogP contribution < -0.4 is 0 Å². The highest BCUT2D eigenvalue weighted by molar-refractivity contribution is 7.93. The number of hydrogen-bond acceptors (Lipinski definition) is 3. The topological polar surface area (TPSA) is 54.5 Å². The summed E-state index contributed by atoms with van der Waals surface area (Å²) in [4.78, 5) is 12.9. The van der Waals surface area contributed by atoms with E-state index in [2.05, 4.69) is 6.58 Å². The predicted molar refractivity (Wildman–Crippen MR) is 72.5 cm³/mol. The predicted octanol–water partition coefficient (Wildman–Crippen LogP) is 1.19. The van der Waals surface area contributed by atoms with Crippen LogP contribution in [-0.2, 0) is 20.0 Å². The Bertz CT molecular complexity index is 729. The smallest absolute Gasteiger partial charge is 0.282 e. The van der Waals surface area contributed by atoms with Crippen molar-refractivity contribution in [1.29, 1.82) is 0 Å². The Morgan fingerprint density at radius 3 is 2.48 bits per heavy atom. The Hall–Kier alpha value is -1.76. The molecule has 0 spiro atoms. The lowest BCUT2D eigenvalue weighted by atomic mass is 9.80. The zero-order valence-electron chi connectivity index (χ0n) is 11.1. The summed E-state index contributed by atoms with van der Waals surface area (Å²) in [6.45, 7) is 3.00. The van der Waals surface area contributed by atoms with E-state index in [1.165, 1.54) is 29.2 Å². The van der Waals surface area contributed by atoms with Crippen molar-refractivity contribution < 1.29 is 22.0 Å². The molecule has 0 bridgehead atoms. The molecule has 4 nitrogen and oxygen atoms in total. The molecule has 7 heteroatoms. The van der Waals surface area contributed by atoms with Gasteiger partial charge in [-0.15, -0.1) is 0 Å². The minimum atomic E-state index is -3.31. The lowest BCUT2D eigenvalue weighted by molar-refractivity contribution is -0.127. The Morgan fingerprint density at radius 1 is 1.33 bits per heavy atom. The van der Waals surface area contributed by atoms with Gasteiger partial charge in [0, 0.05) is 18.5 Å². The third-order valence-corrected chi connectivity index (χ3v) is 6.69. The maximum absolute atomic E-state index is 13.0. The van der Waals surface area contributed by atoms with Gasteiger partial charge in [0.15, 0.2) is 15.7 Å². The van der Waals surface area contributed by atoms with Crippen molar-refractivity contribution in [2.45, 2.75) is 10.7 Å². The number of sulfone groups is 1. The van der Waals surface area contributed by atoms with E-state index in [0.29, 0.717) is 5.56 Å². The minimum absolute atomic E-state index is 0.0541. The summed E-state index contributed by atoms with van der Waals surface area (Å²) in [6.07, 6.45) is 0. The molecule has 2 atom stereocenters. The molecular weight excluding hydrogens is 300 g/mol. The molecule has 0 aliphatic carbocycles. The molecule has 112 valence electrons. The van der Waals surface area contributed by atoms with Crippen LogP contribution in [0.2, 0.25) is 0 Å². The van der Waals surface area contributed by atoms with Crippen LogP contribution in [0, 0.1) is 5.82 Å². The molecule has 0 saturated carbocycles. The van der Waals surface area contributed by atoms with Gasteiger partial charge in [-0.25, -0.2) is 17.2 Å². The van der Waals surface area contributed by atoms with Crippen molar-refractivity contribution in [3.63, 3.8) is 0 Å². The van der Waals surface area contributed by atoms with E-state index in [-0.39, 0.29) is 18.8 Å². The van der Waals surface area contributed by atoms with Crippen molar-refractivity contribution in [1.82, 2.24) is 4.90 Å². The molecule has 2 heterocycles. The second-order valence-electron chi connectivity index (χ2n) is 5.55. The number of hydrogen-bond donors (Lipinski definition) is 0. The molecule has 0 N–H and O–H groups in total. The van der Waals surface area contributed by atoms with Gasteiger partial charge in [0.25, 0.3) is 5.91 Å². The lowest BCUT2D eigenvalue weighted by Crippen LogP contribution is -2.59. The third-order valence-electron chi connectivity index (χ3n) is 4.31. The summed E-state index contributed by atoms with van der Waals surface area (Å²) >= 11 is 0. The van der Waals surface area contributed by atoms with Gasteiger partial charge in [-0.05, 0) is 17.7 Å². The largest absolute Gasteiger partial charge is 0.334 e. The monoisotopic (exact) mass is 313 g/mol. The molecule has 0 aromatic heterocycles. The maximum atomic E-state index is 13.0. The first-order valence-electron chi connectivity index (χ1n) is 6.37.